The molecule has 1 aromatic rings. The molecule has 0 bridgehead atoms. The van der Waals surface area contributed by atoms with Crippen LogP contribution in [0, 0.1) is 0 Å². The van der Waals surface area contributed by atoms with Gasteiger partial charge in [0.2, 0.25) is 6.79 Å². The summed E-state index contributed by atoms with van der Waals surface area (Å²) in [6.45, 7) is 9.18. The van der Waals surface area contributed by atoms with Gasteiger partial charge in [0.05, 0.1) is 12.1 Å². The normalized spacial score (nSPS) is 25.8. The highest BCUT2D eigenvalue weighted by Gasteiger charge is 2.36. The highest BCUT2D eigenvalue weighted by Crippen LogP contribution is 2.40. The van der Waals surface area contributed by atoms with E-state index in [4.69, 9.17) is 23.9 Å². The molecule has 0 amide bonds. The predicted molar refractivity (Wildman–Crippen MR) is 112 cm³/mol. The van der Waals surface area contributed by atoms with Crippen molar-refractivity contribution >= 4 is 5.96 Å². The van der Waals surface area contributed by atoms with Gasteiger partial charge in [0, 0.05) is 38.3 Å². The molecular weight excluding hydrogens is 370 g/mol. The van der Waals surface area contributed by atoms with E-state index in [9.17, 15) is 0 Å². The van der Waals surface area contributed by atoms with E-state index >= 15 is 0 Å². The number of nitrogens with one attached hydrogen (secondary N) is 2. The maximum atomic E-state index is 5.89. The fourth-order valence-electron chi connectivity index (χ4n) is 4.36. The van der Waals surface area contributed by atoms with Crippen LogP contribution >= 0.6 is 0 Å². The fourth-order valence-corrected chi connectivity index (χ4v) is 4.36. The summed E-state index contributed by atoms with van der Waals surface area (Å²) in [5, 5.41) is 6.98. The average Bonchev–Trinajstić information content (AvgIpc) is 3.39. The Hall–Kier alpha value is -1.99. The number of rotatable bonds is 6. The molecule has 0 aromatic heterocycles. The topological polar surface area (TPSA) is 73.3 Å². The lowest BCUT2D eigenvalue weighted by Gasteiger charge is -2.38. The van der Waals surface area contributed by atoms with Crippen LogP contribution in [0.3, 0.4) is 0 Å². The average molecular weight is 404 g/mol. The first kappa shape index (κ1) is 20.3. The highest BCUT2D eigenvalue weighted by atomic mass is 16.7. The molecule has 0 aliphatic carbocycles. The summed E-state index contributed by atoms with van der Waals surface area (Å²) < 4.78 is 22.7. The van der Waals surface area contributed by atoms with Crippen LogP contribution in [0.25, 0.3) is 0 Å². The van der Waals surface area contributed by atoms with Gasteiger partial charge in [-0.1, -0.05) is 6.07 Å². The van der Waals surface area contributed by atoms with Crippen molar-refractivity contribution in [3.63, 3.8) is 0 Å². The third-order valence-corrected chi connectivity index (χ3v) is 6.25. The predicted octanol–water partition coefficient (Wildman–Crippen LogP) is 2.59. The number of hydrogen-bond acceptors (Lipinski definition) is 5. The quantitative estimate of drug-likeness (QED) is 0.562. The molecule has 7 heteroatoms. The SMILES string of the molecule is CCNC(=NCC1(C)CCCO1)NCC1(c2ccc3c(c2)OCO3)CCOCC1. The smallest absolute Gasteiger partial charge is 0.231 e. The largest absolute Gasteiger partial charge is 0.454 e. The van der Waals surface area contributed by atoms with Crippen LogP contribution in [0.15, 0.2) is 23.2 Å². The first-order valence-corrected chi connectivity index (χ1v) is 10.8. The van der Waals surface area contributed by atoms with E-state index in [0.717, 1.165) is 76.1 Å². The van der Waals surface area contributed by atoms with E-state index < -0.39 is 0 Å². The molecule has 3 aliphatic rings. The molecule has 7 nitrogen and oxygen atoms in total. The molecule has 1 atom stereocenters. The molecule has 0 saturated carbocycles. The number of nitrogens with zero attached hydrogens (tertiary/aromatic N) is 1. The van der Waals surface area contributed by atoms with Crippen LogP contribution < -0.4 is 20.1 Å². The van der Waals surface area contributed by atoms with Crippen molar-refractivity contribution in [3.05, 3.63) is 23.8 Å². The summed E-state index contributed by atoms with van der Waals surface area (Å²) in [5.41, 5.74) is 1.10. The summed E-state index contributed by atoms with van der Waals surface area (Å²) in [6.07, 6.45) is 4.09. The molecule has 29 heavy (non-hydrogen) atoms. The first-order valence-electron chi connectivity index (χ1n) is 10.8. The van der Waals surface area contributed by atoms with E-state index in [0.29, 0.717) is 13.3 Å². The maximum absolute atomic E-state index is 5.89. The third-order valence-electron chi connectivity index (χ3n) is 6.25. The Balaban J connectivity index is 1.49. The van der Waals surface area contributed by atoms with Crippen LogP contribution in [-0.2, 0) is 14.9 Å². The lowest BCUT2D eigenvalue weighted by atomic mass is 9.74. The molecule has 3 aliphatic heterocycles. The number of aliphatic imine (C=N–C) groups is 1. The van der Waals surface area contributed by atoms with Crippen LogP contribution in [-0.4, -0.2) is 57.8 Å². The van der Waals surface area contributed by atoms with Gasteiger partial charge in [0.15, 0.2) is 17.5 Å². The molecule has 0 radical (unpaired) electrons. The van der Waals surface area contributed by atoms with Gasteiger partial charge in [-0.05, 0) is 57.2 Å². The number of guanidine groups is 1. The van der Waals surface area contributed by atoms with Gasteiger partial charge in [0.25, 0.3) is 0 Å². The molecule has 160 valence electrons. The molecule has 4 rings (SSSR count). The second kappa shape index (κ2) is 8.79. The van der Waals surface area contributed by atoms with E-state index in [2.05, 4.69) is 36.6 Å². The molecule has 2 N–H and O–H groups in total. The number of ether oxygens (including phenoxy) is 4. The molecule has 0 spiro atoms. The molecule has 2 saturated heterocycles. The van der Waals surface area contributed by atoms with Crippen molar-refractivity contribution in [2.45, 2.75) is 50.5 Å². The third kappa shape index (κ3) is 4.61. The Morgan fingerprint density at radius 1 is 1.07 bits per heavy atom. The van der Waals surface area contributed by atoms with Crippen LogP contribution in [0.5, 0.6) is 11.5 Å². The van der Waals surface area contributed by atoms with Crippen molar-refractivity contribution in [3.8, 4) is 11.5 Å². The molecular formula is C22H33N3O4. The van der Waals surface area contributed by atoms with Gasteiger partial charge in [-0.2, -0.15) is 0 Å². The summed E-state index contributed by atoms with van der Waals surface area (Å²) in [5.74, 6) is 2.50. The van der Waals surface area contributed by atoms with Crippen LogP contribution in [0.1, 0.15) is 45.1 Å². The summed E-state index contributed by atoms with van der Waals surface area (Å²) in [7, 11) is 0. The lowest BCUT2D eigenvalue weighted by Crippen LogP contribution is -2.48. The van der Waals surface area contributed by atoms with Crippen LogP contribution in [0.4, 0.5) is 0 Å². The number of hydrogen-bond donors (Lipinski definition) is 2. The van der Waals surface area contributed by atoms with E-state index in [-0.39, 0.29) is 11.0 Å². The Labute approximate surface area is 173 Å². The monoisotopic (exact) mass is 403 g/mol. The summed E-state index contributed by atoms with van der Waals surface area (Å²) in [4.78, 5) is 4.83. The molecule has 1 aromatic carbocycles. The van der Waals surface area contributed by atoms with Gasteiger partial charge in [0.1, 0.15) is 0 Å². The maximum Gasteiger partial charge on any atom is 0.231 e. The number of fused-ring (bicyclic) bond motifs is 1. The molecule has 1 unspecified atom stereocenters. The van der Waals surface area contributed by atoms with Gasteiger partial charge in [-0.3, -0.25) is 4.99 Å². The van der Waals surface area contributed by atoms with Crippen LogP contribution in [0.2, 0.25) is 0 Å². The zero-order chi connectivity index (χ0) is 20.2. The van der Waals surface area contributed by atoms with Gasteiger partial charge >= 0.3 is 0 Å². The van der Waals surface area contributed by atoms with Crippen molar-refractivity contribution in [1.82, 2.24) is 10.6 Å². The highest BCUT2D eigenvalue weighted by molar-refractivity contribution is 5.80. The Morgan fingerprint density at radius 3 is 2.66 bits per heavy atom. The minimum Gasteiger partial charge on any atom is -0.454 e. The summed E-state index contributed by atoms with van der Waals surface area (Å²) in [6, 6.07) is 6.32. The first-order chi connectivity index (χ1) is 14.1. The Bertz CT molecular complexity index is 725. The van der Waals surface area contributed by atoms with Crippen molar-refractivity contribution in [1.29, 1.82) is 0 Å². The fraction of sp³-hybridized carbons (Fsp3) is 0.682. The lowest BCUT2D eigenvalue weighted by molar-refractivity contribution is 0.0283. The number of benzene rings is 1. The van der Waals surface area contributed by atoms with Crippen molar-refractivity contribution in [2.24, 2.45) is 4.99 Å². The molecule has 2 fully saturated rings. The standard InChI is InChI=1S/C22H33N3O4/c1-3-23-20(24-14-21(2)7-4-10-29-21)25-15-22(8-11-26-12-9-22)17-5-6-18-19(13-17)28-16-27-18/h5-6,13H,3-4,7-12,14-16H2,1-2H3,(H2,23,24,25). The van der Waals surface area contributed by atoms with Crippen molar-refractivity contribution < 1.29 is 18.9 Å². The van der Waals surface area contributed by atoms with E-state index in [1.54, 1.807) is 0 Å². The van der Waals surface area contributed by atoms with E-state index in [1.165, 1.54) is 5.56 Å². The summed E-state index contributed by atoms with van der Waals surface area (Å²) >= 11 is 0. The van der Waals surface area contributed by atoms with Crippen molar-refractivity contribution in [2.75, 3.05) is 46.2 Å². The zero-order valence-electron chi connectivity index (χ0n) is 17.6. The van der Waals surface area contributed by atoms with Gasteiger partial charge in [-0.25, -0.2) is 0 Å². The second-order valence-electron chi connectivity index (χ2n) is 8.41. The zero-order valence-corrected chi connectivity index (χ0v) is 17.6. The van der Waals surface area contributed by atoms with Gasteiger partial charge < -0.3 is 29.6 Å². The molecule has 3 heterocycles. The van der Waals surface area contributed by atoms with Gasteiger partial charge in [-0.15, -0.1) is 0 Å². The van der Waals surface area contributed by atoms with E-state index in [1.807, 2.05) is 6.07 Å². The minimum absolute atomic E-state index is 0.0246. The minimum atomic E-state index is -0.143. The Morgan fingerprint density at radius 2 is 1.90 bits per heavy atom. The Kier molecular flexibility index (Phi) is 6.15. The second-order valence-corrected chi connectivity index (χ2v) is 8.41.